The van der Waals surface area contributed by atoms with E-state index in [1.165, 1.54) is 0 Å². The Labute approximate surface area is 217 Å². The third kappa shape index (κ3) is 4.33. The zero-order chi connectivity index (χ0) is 24.0. The van der Waals surface area contributed by atoms with E-state index in [9.17, 15) is 9.59 Å². The molecule has 34 heavy (non-hydrogen) atoms. The van der Waals surface area contributed by atoms with Crippen molar-refractivity contribution in [1.29, 1.82) is 0 Å². The first kappa shape index (κ1) is 23.6. The predicted octanol–water partition coefficient (Wildman–Crippen LogP) is 7.33. The number of hydrogen-bond acceptors (Lipinski definition) is 4. The van der Waals surface area contributed by atoms with Crippen molar-refractivity contribution in [2.75, 3.05) is 9.80 Å². The van der Waals surface area contributed by atoms with Crippen LogP contribution in [0.5, 0.6) is 0 Å². The van der Waals surface area contributed by atoms with Gasteiger partial charge in [0.15, 0.2) is 0 Å². The van der Waals surface area contributed by atoms with Gasteiger partial charge in [0, 0.05) is 21.4 Å². The van der Waals surface area contributed by atoms with Crippen LogP contribution in [0.1, 0.15) is 35.7 Å². The quantitative estimate of drug-likeness (QED) is 0.355. The van der Waals surface area contributed by atoms with Gasteiger partial charge in [-0.05, 0) is 73.5 Å². The standard InChI is InChI=1S/C26H22Cl2N2O2S2/c1-15-23(31)29(25(33-15)17-3-7-19(27)8-4-17)21-11-13-22(14-12-21)30-24(32)16(2)34-26(30)18-5-9-20(28)10-6-18/h3-16,25-26H,1-2H3/t15-,16-,25-,26+/m0/s1. The fourth-order valence-electron chi connectivity index (χ4n) is 4.26. The molecule has 2 heterocycles. The van der Waals surface area contributed by atoms with Crippen molar-refractivity contribution in [3.63, 3.8) is 0 Å². The van der Waals surface area contributed by atoms with Gasteiger partial charge in [-0.3, -0.25) is 19.4 Å². The third-order valence-corrected chi connectivity index (χ3v) is 9.23. The molecule has 174 valence electrons. The highest BCUT2D eigenvalue weighted by Crippen LogP contribution is 2.48. The molecule has 3 aromatic rings. The highest BCUT2D eigenvalue weighted by atomic mass is 35.5. The van der Waals surface area contributed by atoms with E-state index in [1.54, 1.807) is 23.5 Å². The summed E-state index contributed by atoms with van der Waals surface area (Å²) in [4.78, 5) is 29.8. The molecule has 2 aliphatic heterocycles. The molecule has 0 spiro atoms. The molecule has 2 amide bonds. The first-order chi connectivity index (χ1) is 16.3. The van der Waals surface area contributed by atoms with Gasteiger partial charge in [0.2, 0.25) is 11.8 Å². The number of thioether (sulfide) groups is 2. The number of amides is 2. The molecule has 8 heteroatoms. The van der Waals surface area contributed by atoms with Gasteiger partial charge in [0.05, 0.1) is 10.5 Å². The lowest BCUT2D eigenvalue weighted by molar-refractivity contribution is -0.118. The molecule has 0 aromatic heterocycles. The van der Waals surface area contributed by atoms with Crippen molar-refractivity contribution in [2.45, 2.75) is 35.1 Å². The average molecular weight is 530 g/mol. The van der Waals surface area contributed by atoms with Crippen molar-refractivity contribution in [3.05, 3.63) is 94.0 Å². The van der Waals surface area contributed by atoms with Crippen LogP contribution in [0.25, 0.3) is 0 Å². The zero-order valence-corrected chi connectivity index (χ0v) is 21.7. The maximum atomic E-state index is 13.1. The van der Waals surface area contributed by atoms with Gasteiger partial charge in [0.1, 0.15) is 10.7 Å². The number of hydrogen-bond donors (Lipinski definition) is 0. The summed E-state index contributed by atoms with van der Waals surface area (Å²) in [5.74, 6) is 0.135. The summed E-state index contributed by atoms with van der Waals surface area (Å²) < 4.78 is 0. The van der Waals surface area contributed by atoms with Crippen LogP contribution in [-0.4, -0.2) is 22.3 Å². The van der Waals surface area contributed by atoms with E-state index in [1.807, 2.05) is 96.4 Å². The van der Waals surface area contributed by atoms with Crippen LogP contribution >= 0.6 is 46.7 Å². The SMILES string of the molecule is C[C@@H]1S[C@H](c2ccc(Cl)cc2)N(c2ccc(N3C(=O)[C@H](C)S[C@H]3c3ccc(Cl)cc3)cc2)C1=O. The molecule has 5 rings (SSSR count). The van der Waals surface area contributed by atoms with Crippen LogP contribution in [0.3, 0.4) is 0 Å². The Bertz CT molecular complexity index is 1120. The number of carbonyl (C=O) groups excluding carboxylic acids is 2. The molecule has 0 bridgehead atoms. The molecule has 3 aromatic carbocycles. The maximum absolute atomic E-state index is 13.1. The van der Waals surface area contributed by atoms with Crippen molar-refractivity contribution < 1.29 is 9.59 Å². The van der Waals surface area contributed by atoms with Gasteiger partial charge in [-0.15, -0.1) is 23.5 Å². The minimum absolute atomic E-state index is 0.0677. The normalized spacial score (nSPS) is 24.8. The topological polar surface area (TPSA) is 40.6 Å². The number of carbonyl (C=O) groups is 2. The van der Waals surface area contributed by atoms with Crippen LogP contribution < -0.4 is 9.80 Å². The Balaban J connectivity index is 1.46. The monoisotopic (exact) mass is 528 g/mol. The van der Waals surface area contributed by atoms with Gasteiger partial charge in [-0.25, -0.2) is 0 Å². The van der Waals surface area contributed by atoms with Gasteiger partial charge in [-0.1, -0.05) is 47.5 Å². The van der Waals surface area contributed by atoms with Crippen LogP contribution in [-0.2, 0) is 9.59 Å². The molecule has 2 saturated heterocycles. The number of anilines is 2. The number of nitrogens with zero attached hydrogens (tertiary/aromatic N) is 2. The van der Waals surface area contributed by atoms with E-state index < -0.39 is 0 Å². The Morgan fingerprint density at radius 1 is 0.588 bits per heavy atom. The zero-order valence-electron chi connectivity index (χ0n) is 18.5. The number of benzene rings is 3. The van der Waals surface area contributed by atoms with Gasteiger partial charge < -0.3 is 0 Å². The summed E-state index contributed by atoms with van der Waals surface area (Å²) in [5, 5.41) is 0.784. The molecule has 2 aliphatic rings. The Kier molecular flexibility index (Phi) is 6.60. The second kappa shape index (κ2) is 9.50. The molecule has 0 radical (unpaired) electrons. The van der Waals surface area contributed by atoms with Crippen LogP contribution in [0.2, 0.25) is 10.0 Å². The highest BCUT2D eigenvalue weighted by molar-refractivity contribution is 8.01. The summed E-state index contributed by atoms with van der Waals surface area (Å²) in [5.41, 5.74) is 3.67. The Morgan fingerprint density at radius 2 is 0.912 bits per heavy atom. The summed E-state index contributed by atoms with van der Waals surface area (Å²) in [6, 6.07) is 22.9. The van der Waals surface area contributed by atoms with Crippen LogP contribution in [0.4, 0.5) is 11.4 Å². The molecule has 0 saturated carbocycles. The number of halogens is 2. The highest BCUT2D eigenvalue weighted by Gasteiger charge is 2.41. The number of rotatable bonds is 4. The summed E-state index contributed by atoms with van der Waals surface area (Å²) in [7, 11) is 0. The molecule has 0 aliphatic carbocycles. The molecule has 0 N–H and O–H groups in total. The second-order valence-corrected chi connectivity index (χ2v) is 12.0. The van der Waals surface area contributed by atoms with E-state index in [0.717, 1.165) is 22.5 Å². The smallest absolute Gasteiger partial charge is 0.241 e. The fraction of sp³-hybridized carbons (Fsp3) is 0.231. The van der Waals surface area contributed by atoms with Crippen molar-refractivity contribution in [3.8, 4) is 0 Å². The molecular weight excluding hydrogens is 507 g/mol. The molecular formula is C26H22Cl2N2O2S2. The van der Waals surface area contributed by atoms with E-state index >= 15 is 0 Å². The van der Waals surface area contributed by atoms with Crippen molar-refractivity contribution in [1.82, 2.24) is 0 Å². The molecule has 2 fully saturated rings. The Morgan fingerprint density at radius 3 is 1.24 bits per heavy atom. The minimum Gasteiger partial charge on any atom is -0.295 e. The lowest BCUT2D eigenvalue weighted by atomic mass is 10.1. The summed E-state index contributed by atoms with van der Waals surface area (Å²) in [6.45, 7) is 3.87. The molecule has 4 nitrogen and oxygen atoms in total. The Hall–Kier alpha value is -2.12. The lowest BCUT2D eigenvalue weighted by Crippen LogP contribution is -2.31. The van der Waals surface area contributed by atoms with E-state index in [4.69, 9.17) is 23.2 Å². The average Bonchev–Trinajstić information content (AvgIpc) is 3.30. The van der Waals surface area contributed by atoms with E-state index in [2.05, 4.69) is 0 Å². The second-order valence-electron chi connectivity index (χ2n) is 8.30. The molecule has 0 unspecified atom stereocenters. The first-order valence-electron chi connectivity index (χ1n) is 10.9. The maximum Gasteiger partial charge on any atom is 0.241 e. The largest absolute Gasteiger partial charge is 0.295 e. The van der Waals surface area contributed by atoms with E-state index in [-0.39, 0.29) is 33.1 Å². The third-order valence-electron chi connectivity index (χ3n) is 6.02. The lowest BCUT2D eigenvalue weighted by Gasteiger charge is -2.27. The minimum atomic E-state index is -0.146. The fourth-order valence-corrected chi connectivity index (χ4v) is 7.07. The van der Waals surface area contributed by atoms with Crippen molar-refractivity contribution >= 4 is 69.9 Å². The first-order valence-corrected chi connectivity index (χ1v) is 13.6. The van der Waals surface area contributed by atoms with Crippen LogP contribution in [0, 0.1) is 0 Å². The predicted molar refractivity (Wildman–Crippen MR) is 144 cm³/mol. The molecule has 4 atom stereocenters. The summed E-state index contributed by atoms with van der Waals surface area (Å²) in [6.07, 6.45) is 0. The van der Waals surface area contributed by atoms with Crippen molar-refractivity contribution in [2.24, 2.45) is 0 Å². The van der Waals surface area contributed by atoms with E-state index in [0.29, 0.717) is 10.0 Å². The van der Waals surface area contributed by atoms with Gasteiger partial charge in [0.25, 0.3) is 0 Å². The summed E-state index contributed by atoms with van der Waals surface area (Å²) >= 11 is 15.4. The van der Waals surface area contributed by atoms with Gasteiger partial charge in [-0.2, -0.15) is 0 Å². The van der Waals surface area contributed by atoms with Gasteiger partial charge >= 0.3 is 0 Å². The van der Waals surface area contributed by atoms with Crippen LogP contribution in [0.15, 0.2) is 72.8 Å².